The molecular formula is C20H22Cl2N4O. The van der Waals surface area contributed by atoms with E-state index >= 15 is 0 Å². The van der Waals surface area contributed by atoms with Gasteiger partial charge in [-0.15, -0.1) is 12.4 Å². The molecule has 1 aromatic carbocycles. The van der Waals surface area contributed by atoms with Crippen LogP contribution >= 0.6 is 24.0 Å². The first-order valence-corrected chi connectivity index (χ1v) is 9.24. The number of pyridine rings is 1. The molecule has 0 radical (unpaired) electrons. The van der Waals surface area contributed by atoms with Crippen molar-refractivity contribution in [2.24, 2.45) is 0 Å². The monoisotopic (exact) mass is 404 g/mol. The first-order chi connectivity index (χ1) is 12.8. The smallest absolute Gasteiger partial charge is 0.138 e. The summed E-state index contributed by atoms with van der Waals surface area (Å²) < 4.78 is 7.95. The summed E-state index contributed by atoms with van der Waals surface area (Å²) in [6.07, 6.45) is 9.78. The highest BCUT2D eigenvalue weighted by atomic mass is 35.5. The van der Waals surface area contributed by atoms with Gasteiger partial charge in [0.25, 0.3) is 0 Å². The van der Waals surface area contributed by atoms with E-state index in [1.54, 1.807) is 6.20 Å². The van der Waals surface area contributed by atoms with E-state index in [0.29, 0.717) is 17.7 Å². The highest BCUT2D eigenvalue weighted by molar-refractivity contribution is 6.31. The number of hydrogen-bond donors (Lipinski definition) is 1. The SMILES string of the molecule is Cl.Clc1ccccc1COc1cncc(-c2cnn(C3CCNCC3)c2)c1. The molecule has 0 unspecified atom stereocenters. The van der Waals surface area contributed by atoms with Crippen LogP contribution in [0.4, 0.5) is 0 Å². The predicted molar refractivity (Wildman–Crippen MR) is 110 cm³/mol. The zero-order valence-corrected chi connectivity index (χ0v) is 16.4. The van der Waals surface area contributed by atoms with Gasteiger partial charge < -0.3 is 10.1 Å². The van der Waals surface area contributed by atoms with Crippen LogP contribution in [-0.2, 0) is 6.61 Å². The minimum absolute atomic E-state index is 0. The molecule has 27 heavy (non-hydrogen) atoms. The number of piperidine rings is 1. The maximum absolute atomic E-state index is 6.18. The Kier molecular flexibility index (Phi) is 6.72. The summed E-state index contributed by atoms with van der Waals surface area (Å²) >= 11 is 6.18. The van der Waals surface area contributed by atoms with Crippen LogP contribution in [0.15, 0.2) is 55.1 Å². The number of nitrogens with zero attached hydrogens (tertiary/aromatic N) is 3. The number of rotatable bonds is 5. The maximum Gasteiger partial charge on any atom is 0.138 e. The molecule has 3 aromatic rings. The Morgan fingerprint density at radius 3 is 2.74 bits per heavy atom. The fraction of sp³-hybridized carbons (Fsp3) is 0.300. The standard InChI is InChI=1S/C20H21ClN4O.ClH/c21-20-4-2-1-3-15(20)14-26-19-9-16(10-23-12-19)17-11-24-25(13-17)18-5-7-22-8-6-18;/h1-4,9-13,18,22H,5-8,14H2;1H. The number of hydrogen-bond acceptors (Lipinski definition) is 4. The van der Waals surface area contributed by atoms with Crippen molar-refractivity contribution in [3.8, 4) is 16.9 Å². The largest absolute Gasteiger partial charge is 0.487 e. The quantitative estimate of drug-likeness (QED) is 0.678. The van der Waals surface area contributed by atoms with Gasteiger partial charge in [0.05, 0.1) is 18.4 Å². The zero-order valence-electron chi connectivity index (χ0n) is 14.8. The van der Waals surface area contributed by atoms with Crippen LogP contribution in [0, 0.1) is 0 Å². The Bertz CT molecular complexity index is 878. The van der Waals surface area contributed by atoms with Crippen LogP contribution < -0.4 is 10.1 Å². The zero-order chi connectivity index (χ0) is 17.8. The molecule has 142 valence electrons. The molecule has 2 aromatic heterocycles. The Hall–Kier alpha value is -2.08. The number of benzene rings is 1. The summed E-state index contributed by atoms with van der Waals surface area (Å²) in [6.45, 7) is 2.51. The highest BCUT2D eigenvalue weighted by Crippen LogP contribution is 2.26. The maximum atomic E-state index is 6.18. The molecular weight excluding hydrogens is 383 g/mol. The minimum Gasteiger partial charge on any atom is -0.487 e. The number of ether oxygens (including phenoxy) is 1. The first kappa shape index (κ1) is 19.7. The van der Waals surface area contributed by atoms with Gasteiger partial charge in [-0.25, -0.2) is 0 Å². The third kappa shape index (κ3) is 4.80. The molecule has 0 spiro atoms. The van der Waals surface area contributed by atoms with Crippen LogP contribution in [0.5, 0.6) is 5.75 Å². The summed E-state index contributed by atoms with van der Waals surface area (Å²) in [6, 6.07) is 10.2. The van der Waals surface area contributed by atoms with Crippen molar-refractivity contribution in [3.63, 3.8) is 0 Å². The summed E-state index contributed by atoms with van der Waals surface area (Å²) in [4.78, 5) is 4.31. The van der Waals surface area contributed by atoms with Gasteiger partial charge in [-0.2, -0.15) is 5.10 Å². The molecule has 3 heterocycles. The first-order valence-electron chi connectivity index (χ1n) is 8.86. The lowest BCUT2D eigenvalue weighted by molar-refractivity contribution is 0.305. The minimum atomic E-state index is 0. The molecule has 1 N–H and O–H groups in total. The molecule has 0 saturated carbocycles. The number of halogens is 2. The number of nitrogens with one attached hydrogen (secondary N) is 1. The van der Waals surface area contributed by atoms with E-state index in [-0.39, 0.29) is 12.4 Å². The van der Waals surface area contributed by atoms with Gasteiger partial charge in [-0.05, 0) is 38.1 Å². The van der Waals surface area contributed by atoms with Crippen molar-refractivity contribution in [1.82, 2.24) is 20.1 Å². The molecule has 0 amide bonds. The van der Waals surface area contributed by atoms with Gasteiger partial charge in [0.1, 0.15) is 12.4 Å². The van der Waals surface area contributed by atoms with E-state index in [1.165, 1.54) is 0 Å². The molecule has 1 aliphatic rings. The molecule has 1 fully saturated rings. The molecule has 0 atom stereocenters. The van der Waals surface area contributed by atoms with Gasteiger partial charge in [0, 0.05) is 34.1 Å². The fourth-order valence-corrected chi connectivity index (χ4v) is 3.38. The molecule has 0 aliphatic carbocycles. The summed E-state index contributed by atoms with van der Waals surface area (Å²) in [5.41, 5.74) is 3.01. The van der Waals surface area contributed by atoms with Crippen molar-refractivity contribution in [3.05, 3.63) is 65.7 Å². The van der Waals surface area contributed by atoms with Gasteiger partial charge in [-0.1, -0.05) is 29.8 Å². The average Bonchev–Trinajstić information content (AvgIpc) is 3.19. The van der Waals surface area contributed by atoms with Crippen molar-refractivity contribution < 1.29 is 4.74 Å². The van der Waals surface area contributed by atoms with Gasteiger partial charge in [0.15, 0.2) is 0 Å². The van der Waals surface area contributed by atoms with E-state index in [9.17, 15) is 0 Å². The lowest BCUT2D eigenvalue weighted by atomic mass is 10.1. The third-order valence-electron chi connectivity index (χ3n) is 4.68. The van der Waals surface area contributed by atoms with E-state index in [4.69, 9.17) is 16.3 Å². The van der Waals surface area contributed by atoms with E-state index in [1.807, 2.05) is 42.7 Å². The number of aromatic nitrogens is 3. The third-order valence-corrected chi connectivity index (χ3v) is 5.05. The Balaban J connectivity index is 0.00000210. The Morgan fingerprint density at radius 1 is 1.11 bits per heavy atom. The van der Waals surface area contributed by atoms with Crippen LogP contribution in [0.1, 0.15) is 24.4 Å². The highest BCUT2D eigenvalue weighted by Gasteiger charge is 2.16. The summed E-state index contributed by atoms with van der Waals surface area (Å²) in [5.74, 6) is 0.719. The van der Waals surface area contributed by atoms with E-state index in [0.717, 1.165) is 48.4 Å². The molecule has 4 rings (SSSR count). The van der Waals surface area contributed by atoms with Crippen molar-refractivity contribution in [2.45, 2.75) is 25.5 Å². The van der Waals surface area contributed by atoms with Crippen molar-refractivity contribution in [2.75, 3.05) is 13.1 Å². The molecule has 1 aliphatic heterocycles. The second kappa shape index (κ2) is 9.22. The normalized spacial score (nSPS) is 14.6. The Morgan fingerprint density at radius 2 is 1.93 bits per heavy atom. The topological polar surface area (TPSA) is 52.0 Å². The fourth-order valence-electron chi connectivity index (χ4n) is 3.19. The second-order valence-electron chi connectivity index (χ2n) is 6.48. The summed E-state index contributed by atoms with van der Waals surface area (Å²) in [7, 11) is 0. The van der Waals surface area contributed by atoms with Crippen molar-refractivity contribution >= 4 is 24.0 Å². The van der Waals surface area contributed by atoms with Gasteiger partial charge in [-0.3, -0.25) is 9.67 Å². The van der Waals surface area contributed by atoms with Crippen LogP contribution in [-0.4, -0.2) is 27.9 Å². The van der Waals surface area contributed by atoms with Gasteiger partial charge in [0.2, 0.25) is 0 Å². The Labute approximate surface area is 170 Å². The lowest BCUT2D eigenvalue weighted by Crippen LogP contribution is -2.29. The van der Waals surface area contributed by atoms with Crippen LogP contribution in [0.25, 0.3) is 11.1 Å². The average molecular weight is 405 g/mol. The summed E-state index contributed by atoms with van der Waals surface area (Å²) in [5, 5.41) is 8.65. The van der Waals surface area contributed by atoms with E-state index < -0.39 is 0 Å². The van der Waals surface area contributed by atoms with Crippen LogP contribution in [0.3, 0.4) is 0 Å². The second-order valence-corrected chi connectivity index (χ2v) is 6.89. The van der Waals surface area contributed by atoms with Crippen LogP contribution in [0.2, 0.25) is 5.02 Å². The predicted octanol–water partition coefficient (Wildman–Crippen LogP) is 4.52. The molecule has 1 saturated heterocycles. The molecule has 5 nitrogen and oxygen atoms in total. The molecule has 7 heteroatoms. The van der Waals surface area contributed by atoms with Gasteiger partial charge >= 0.3 is 0 Å². The van der Waals surface area contributed by atoms with Crippen molar-refractivity contribution in [1.29, 1.82) is 0 Å². The lowest BCUT2D eigenvalue weighted by Gasteiger charge is -2.22. The molecule has 0 bridgehead atoms. The van der Waals surface area contributed by atoms with E-state index in [2.05, 4.69) is 26.3 Å².